The van der Waals surface area contributed by atoms with E-state index >= 15 is 0 Å². The van der Waals surface area contributed by atoms with Crippen LogP contribution in [0.4, 0.5) is 0 Å². The number of nitrogens with one attached hydrogen (secondary N) is 6. The monoisotopic (exact) mass is 709 g/mol. The Hall–Kier alpha value is -4.05. The molecule has 0 bridgehead atoms. The van der Waals surface area contributed by atoms with E-state index < -0.39 is 77.7 Å². The number of allylic oxidation sites excluding steroid dienone is 1. The summed E-state index contributed by atoms with van der Waals surface area (Å²) in [4.78, 5) is 87.6. The molecule has 16 nitrogen and oxygen atoms in total. The molecule has 284 valence electrons. The smallest absolute Gasteiger partial charge is 0.325 e. The largest absolute Gasteiger partial charge is 0.481 e. The Labute approximate surface area is 294 Å². The van der Waals surface area contributed by atoms with E-state index in [1.807, 2.05) is 27.7 Å². The van der Waals surface area contributed by atoms with Crippen molar-refractivity contribution < 1.29 is 43.8 Å². The molecule has 1 aliphatic rings. The molecule has 10 N–H and O–H groups in total. The van der Waals surface area contributed by atoms with E-state index in [1.165, 1.54) is 6.92 Å². The Morgan fingerprint density at radius 2 is 1.44 bits per heavy atom. The van der Waals surface area contributed by atoms with Crippen LogP contribution in [0.5, 0.6) is 0 Å². The van der Waals surface area contributed by atoms with Crippen molar-refractivity contribution in [2.45, 2.75) is 136 Å². The highest BCUT2D eigenvalue weighted by Crippen LogP contribution is 2.31. The molecule has 0 aromatic rings. The number of carbonyl (C=O) groups is 7. The van der Waals surface area contributed by atoms with Crippen LogP contribution in [0.15, 0.2) is 11.8 Å². The van der Waals surface area contributed by atoms with Crippen molar-refractivity contribution >= 4 is 41.5 Å². The first kappa shape index (κ1) is 44.0. The van der Waals surface area contributed by atoms with Gasteiger partial charge >= 0.3 is 11.9 Å². The van der Waals surface area contributed by atoms with E-state index in [-0.39, 0.29) is 42.8 Å². The highest BCUT2D eigenvalue weighted by molar-refractivity contribution is 6.00. The van der Waals surface area contributed by atoms with Gasteiger partial charge in [0.1, 0.15) is 23.8 Å². The van der Waals surface area contributed by atoms with Gasteiger partial charge in [0.25, 0.3) is 5.91 Å². The van der Waals surface area contributed by atoms with E-state index in [9.17, 15) is 33.6 Å². The van der Waals surface area contributed by atoms with Crippen molar-refractivity contribution in [2.75, 3.05) is 6.54 Å². The standard InChI is InChI=1S/C34H59N7O9/c1-8-10-25(39-33(48)28(19(5)9-2)41-30(45)24(35)13-14-27(42)43)31(46)38-23(15-18(3)4)17-36-20(6)29(44)40-26(16-22-11-12-22)32(47)37-21(7)34(49)50/h16,18-25,28,36H,8-15,17,35H2,1-7H3,(H,37,47)(H,38,46)(H,39,48)(H,40,44)(H,41,45)(H,42,43)(H,49,50)/b26-16+/t19-,20-,21-,23-,24-,25-,28-/m0/s1. The Morgan fingerprint density at radius 3 is 1.96 bits per heavy atom. The number of aliphatic carboxylic acids is 2. The topological polar surface area (TPSA) is 258 Å². The molecule has 1 saturated carbocycles. The average Bonchev–Trinajstić information content (AvgIpc) is 3.87. The third kappa shape index (κ3) is 16.6. The van der Waals surface area contributed by atoms with Crippen LogP contribution in [0, 0.1) is 17.8 Å². The van der Waals surface area contributed by atoms with E-state index in [1.54, 1.807) is 19.9 Å². The Bertz CT molecular complexity index is 1220. The van der Waals surface area contributed by atoms with Crippen molar-refractivity contribution in [3.05, 3.63) is 11.8 Å². The van der Waals surface area contributed by atoms with Gasteiger partial charge in [-0.3, -0.25) is 33.6 Å². The quantitative estimate of drug-likeness (QED) is 0.0624. The zero-order chi connectivity index (χ0) is 38.1. The van der Waals surface area contributed by atoms with Crippen LogP contribution in [-0.4, -0.2) is 94.5 Å². The van der Waals surface area contributed by atoms with Crippen molar-refractivity contribution in [1.82, 2.24) is 31.9 Å². The molecule has 0 aliphatic heterocycles. The van der Waals surface area contributed by atoms with Gasteiger partial charge in [-0.1, -0.05) is 53.5 Å². The van der Waals surface area contributed by atoms with Crippen LogP contribution < -0.4 is 37.6 Å². The lowest BCUT2D eigenvalue weighted by Gasteiger charge is -2.29. The van der Waals surface area contributed by atoms with E-state index in [0.29, 0.717) is 25.7 Å². The summed E-state index contributed by atoms with van der Waals surface area (Å²) < 4.78 is 0. The molecule has 1 fully saturated rings. The maximum absolute atomic E-state index is 13.6. The Morgan fingerprint density at radius 1 is 0.800 bits per heavy atom. The number of hydrogen-bond donors (Lipinski definition) is 9. The fourth-order valence-electron chi connectivity index (χ4n) is 4.92. The molecule has 7 atom stereocenters. The predicted octanol–water partition coefficient (Wildman–Crippen LogP) is 0.503. The molecule has 0 saturated heterocycles. The Kier molecular flexibility index (Phi) is 19.3. The predicted molar refractivity (Wildman–Crippen MR) is 186 cm³/mol. The molecule has 50 heavy (non-hydrogen) atoms. The molecule has 5 amide bonds. The third-order valence-corrected chi connectivity index (χ3v) is 8.42. The SMILES string of the molecule is CCC[C@H](NC(=O)[C@@H](NC(=O)[C@@H](N)CCC(=O)O)[C@@H](C)CC)C(=O)N[C@H](CN[C@@H](C)C(=O)N/C(=C/C1CC1)C(=O)N[C@@H](C)C(=O)O)CC(C)C. The molecule has 16 heteroatoms. The van der Waals surface area contributed by atoms with Crippen LogP contribution in [0.1, 0.15) is 99.8 Å². The minimum absolute atomic E-state index is 0.0152. The number of carbonyl (C=O) groups excluding carboxylic acids is 5. The summed E-state index contributed by atoms with van der Waals surface area (Å²) in [6.45, 7) is 12.6. The summed E-state index contributed by atoms with van der Waals surface area (Å²) in [5.74, 6) is -5.19. The van der Waals surface area contributed by atoms with Crippen molar-refractivity contribution in [3.63, 3.8) is 0 Å². The van der Waals surface area contributed by atoms with Crippen LogP contribution in [0.25, 0.3) is 0 Å². The normalized spacial score (nSPS) is 17.3. The summed E-state index contributed by atoms with van der Waals surface area (Å²) in [6.07, 6.45) is 4.92. The summed E-state index contributed by atoms with van der Waals surface area (Å²) in [6, 6.07) is -5.42. The number of carboxylic acid groups (broad SMARTS) is 2. The first-order chi connectivity index (χ1) is 23.4. The summed E-state index contributed by atoms with van der Waals surface area (Å²) >= 11 is 0. The number of amides is 5. The lowest BCUT2D eigenvalue weighted by molar-refractivity contribution is -0.141. The van der Waals surface area contributed by atoms with Crippen LogP contribution >= 0.6 is 0 Å². The first-order valence-corrected chi connectivity index (χ1v) is 17.6. The molecule has 0 spiro atoms. The number of rotatable bonds is 24. The number of nitrogens with two attached hydrogens (primary N) is 1. The lowest BCUT2D eigenvalue weighted by Crippen LogP contribution is -2.59. The summed E-state index contributed by atoms with van der Waals surface area (Å²) in [5.41, 5.74) is 5.84. The van der Waals surface area contributed by atoms with Gasteiger partial charge in [-0.15, -0.1) is 0 Å². The molecule has 0 heterocycles. The molecule has 0 unspecified atom stereocenters. The molecule has 1 aliphatic carbocycles. The highest BCUT2D eigenvalue weighted by Gasteiger charge is 2.32. The zero-order valence-corrected chi connectivity index (χ0v) is 30.5. The Balaban J connectivity index is 2.96. The van der Waals surface area contributed by atoms with Gasteiger partial charge in [0.2, 0.25) is 23.6 Å². The van der Waals surface area contributed by atoms with Crippen molar-refractivity contribution in [1.29, 1.82) is 0 Å². The first-order valence-electron chi connectivity index (χ1n) is 17.6. The number of hydrogen-bond acceptors (Lipinski definition) is 9. The minimum atomic E-state index is -1.21. The molecule has 1 rings (SSSR count). The van der Waals surface area contributed by atoms with Crippen LogP contribution in [0.3, 0.4) is 0 Å². The zero-order valence-electron chi connectivity index (χ0n) is 30.5. The van der Waals surface area contributed by atoms with Crippen molar-refractivity contribution in [2.24, 2.45) is 23.5 Å². The van der Waals surface area contributed by atoms with Gasteiger partial charge < -0.3 is 47.8 Å². The summed E-state index contributed by atoms with van der Waals surface area (Å²) in [5, 5.41) is 34.5. The van der Waals surface area contributed by atoms with E-state index in [0.717, 1.165) is 12.8 Å². The number of carboxylic acids is 2. The van der Waals surface area contributed by atoms with E-state index in [2.05, 4.69) is 31.9 Å². The summed E-state index contributed by atoms with van der Waals surface area (Å²) in [7, 11) is 0. The van der Waals surface area contributed by atoms with Gasteiger partial charge in [-0.25, -0.2) is 0 Å². The van der Waals surface area contributed by atoms with Gasteiger partial charge in [-0.2, -0.15) is 0 Å². The minimum Gasteiger partial charge on any atom is -0.481 e. The second-order valence-electron chi connectivity index (χ2n) is 13.7. The third-order valence-electron chi connectivity index (χ3n) is 8.42. The maximum Gasteiger partial charge on any atom is 0.325 e. The van der Waals surface area contributed by atoms with Gasteiger partial charge in [0.05, 0.1) is 12.1 Å². The van der Waals surface area contributed by atoms with Crippen molar-refractivity contribution in [3.8, 4) is 0 Å². The second-order valence-corrected chi connectivity index (χ2v) is 13.7. The highest BCUT2D eigenvalue weighted by atomic mass is 16.4. The molecular weight excluding hydrogens is 650 g/mol. The molecule has 0 aromatic heterocycles. The maximum atomic E-state index is 13.6. The average molecular weight is 710 g/mol. The molecule has 0 radical (unpaired) electrons. The fourth-order valence-corrected chi connectivity index (χ4v) is 4.92. The van der Waals surface area contributed by atoms with Crippen LogP contribution in [0.2, 0.25) is 0 Å². The lowest BCUT2D eigenvalue weighted by atomic mass is 9.96. The van der Waals surface area contributed by atoms with E-state index in [4.69, 9.17) is 15.9 Å². The van der Waals surface area contributed by atoms with Gasteiger partial charge in [-0.05, 0) is 63.7 Å². The fraction of sp³-hybridized carbons (Fsp3) is 0.735. The van der Waals surface area contributed by atoms with Crippen LogP contribution in [-0.2, 0) is 33.6 Å². The second kappa shape index (κ2) is 21.9. The molecular formula is C34H59N7O9. The van der Waals surface area contributed by atoms with Gasteiger partial charge in [0, 0.05) is 19.0 Å². The molecule has 0 aromatic carbocycles. The van der Waals surface area contributed by atoms with Gasteiger partial charge in [0.15, 0.2) is 0 Å².